The predicted molar refractivity (Wildman–Crippen MR) is 234 cm³/mol. The van der Waals surface area contributed by atoms with E-state index in [9.17, 15) is 0 Å². The lowest BCUT2D eigenvalue weighted by molar-refractivity contribution is 0.630. The number of aromatic nitrogens is 4. The van der Waals surface area contributed by atoms with Crippen molar-refractivity contribution in [2.45, 2.75) is 0 Å². The molecule has 0 aliphatic rings. The Labute approximate surface area is 327 Å². The van der Waals surface area contributed by atoms with Crippen molar-refractivity contribution in [1.82, 2.24) is 19.1 Å². The maximum Gasteiger partial charge on any atom is 0.236 e. The van der Waals surface area contributed by atoms with Crippen molar-refractivity contribution in [3.63, 3.8) is 0 Å². The van der Waals surface area contributed by atoms with Gasteiger partial charge in [0.2, 0.25) is 5.95 Å². The zero-order valence-corrected chi connectivity index (χ0v) is 30.7. The minimum atomic E-state index is 0.600. The van der Waals surface area contributed by atoms with Gasteiger partial charge in [0, 0.05) is 44.4 Å². The van der Waals surface area contributed by atoms with Crippen LogP contribution in [0.3, 0.4) is 0 Å². The number of para-hydroxylation sites is 2. The summed E-state index contributed by atoms with van der Waals surface area (Å²) in [4.78, 5) is 10.5. The van der Waals surface area contributed by atoms with Crippen molar-refractivity contribution in [2.24, 2.45) is 0 Å². The first kappa shape index (κ1) is 31.6. The smallest absolute Gasteiger partial charge is 0.236 e. The summed E-state index contributed by atoms with van der Waals surface area (Å²) in [6, 6.07) is 68.5. The average molecular weight is 729 g/mol. The summed E-state index contributed by atoms with van der Waals surface area (Å²) in [5.74, 6) is 1.36. The van der Waals surface area contributed by atoms with Crippen LogP contribution in [0.2, 0.25) is 0 Å². The van der Waals surface area contributed by atoms with Crippen molar-refractivity contribution in [2.75, 3.05) is 0 Å². The third kappa shape index (κ3) is 4.89. The Balaban J connectivity index is 1.07. The standard InChI is InChI=1S/C52H32N4O/c1-4-15-34(16-5-1)48-32-43-51(57-48)50(35-17-6-2-7-18-35)54-52(53-43)56-44-23-13-12-22-40(44)41-30-36(25-27-45(41)56)37-26-28-46-42(31-37)49-39-21-11-10-14-33(39)24-29-47(49)55(46)38-19-8-3-9-20-38/h1-32H. The van der Waals surface area contributed by atoms with Gasteiger partial charge in [-0.1, -0.05) is 140 Å². The van der Waals surface area contributed by atoms with E-state index in [1.807, 2.05) is 42.5 Å². The number of hydrogen-bond donors (Lipinski definition) is 0. The predicted octanol–water partition coefficient (Wildman–Crippen LogP) is 13.6. The molecule has 0 aliphatic heterocycles. The molecular weight excluding hydrogens is 697 g/mol. The molecule has 12 aromatic rings. The molecule has 0 radical (unpaired) electrons. The van der Waals surface area contributed by atoms with Gasteiger partial charge < -0.3 is 8.98 Å². The molecule has 0 unspecified atom stereocenters. The summed E-state index contributed by atoms with van der Waals surface area (Å²) in [6.07, 6.45) is 0. The van der Waals surface area contributed by atoms with Crippen LogP contribution in [-0.4, -0.2) is 19.1 Å². The van der Waals surface area contributed by atoms with Gasteiger partial charge in [-0.2, -0.15) is 0 Å². The normalized spacial score (nSPS) is 11.9. The topological polar surface area (TPSA) is 48.8 Å². The van der Waals surface area contributed by atoms with Crippen LogP contribution in [-0.2, 0) is 0 Å². The van der Waals surface area contributed by atoms with Crippen molar-refractivity contribution in [3.05, 3.63) is 194 Å². The van der Waals surface area contributed by atoms with Crippen LogP contribution < -0.4 is 0 Å². The highest BCUT2D eigenvalue weighted by Crippen LogP contribution is 2.41. The zero-order chi connectivity index (χ0) is 37.5. The lowest BCUT2D eigenvalue weighted by Gasteiger charge is -2.10. The Morgan fingerprint density at radius 3 is 1.75 bits per heavy atom. The summed E-state index contributed by atoms with van der Waals surface area (Å²) in [5, 5.41) is 7.27. The minimum Gasteiger partial charge on any atom is -0.452 e. The molecule has 4 heterocycles. The number of fused-ring (bicyclic) bond motifs is 9. The molecule has 5 nitrogen and oxygen atoms in total. The van der Waals surface area contributed by atoms with E-state index < -0.39 is 0 Å². The summed E-state index contributed by atoms with van der Waals surface area (Å²) < 4.78 is 11.1. The fourth-order valence-electron chi connectivity index (χ4n) is 8.75. The highest BCUT2D eigenvalue weighted by molar-refractivity contribution is 6.22. The monoisotopic (exact) mass is 728 g/mol. The molecule has 0 amide bonds. The van der Waals surface area contributed by atoms with Crippen LogP contribution in [0.4, 0.5) is 0 Å². The van der Waals surface area contributed by atoms with Crippen molar-refractivity contribution < 1.29 is 4.42 Å². The van der Waals surface area contributed by atoms with Crippen LogP contribution in [0, 0.1) is 0 Å². The van der Waals surface area contributed by atoms with Gasteiger partial charge in [0.05, 0.1) is 22.1 Å². The second-order valence-electron chi connectivity index (χ2n) is 14.6. The van der Waals surface area contributed by atoms with Crippen LogP contribution in [0.25, 0.3) is 111 Å². The molecule has 57 heavy (non-hydrogen) atoms. The molecule has 5 heteroatoms. The first-order valence-electron chi connectivity index (χ1n) is 19.2. The third-order valence-electron chi connectivity index (χ3n) is 11.3. The molecule has 8 aromatic carbocycles. The summed E-state index contributed by atoms with van der Waals surface area (Å²) >= 11 is 0. The Morgan fingerprint density at radius 2 is 0.982 bits per heavy atom. The second-order valence-corrected chi connectivity index (χ2v) is 14.6. The van der Waals surface area contributed by atoms with Gasteiger partial charge in [-0.25, -0.2) is 9.97 Å². The number of furan rings is 1. The van der Waals surface area contributed by atoms with Gasteiger partial charge in [0.25, 0.3) is 0 Å². The van der Waals surface area contributed by atoms with E-state index in [0.717, 1.165) is 66.7 Å². The van der Waals surface area contributed by atoms with Crippen molar-refractivity contribution in [1.29, 1.82) is 0 Å². The summed E-state index contributed by atoms with van der Waals surface area (Å²) in [5.41, 5.74) is 12.1. The van der Waals surface area contributed by atoms with Crippen LogP contribution in [0.5, 0.6) is 0 Å². The lowest BCUT2D eigenvalue weighted by Crippen LogP contribution is -2.02. The molecule has 266 valence electrons. The molecule has 0 spiro atoms. The highest BCUT2D eigenvalue weighted by atomic mass is 16.3. The largest absolute Gasteiger partial charge is 0.452 e. The SMILES string of the molecule is c1ccc(-c2cc3nc(-n4c5ccccc5c5cc(-c6ccc7c(c6)c6c8ccccc8ccc6n7-c6ccccc6)ccc54)nc(-c4ccccc4)c3o2)cc1. The van der Waals surface area contributed by atoms with Crippen LogP contribution in [0.15, 0.2) is 199 Å². The second kappa shape index (κ2) is 12.4. The van der Waals surface area contributed by atoms with Gasteiger partial charge in [-0.05, 0) is 70.4 Å². The van der Waals surface area contributed by atoms with Gasteiger partial charge in [0.15, 0.2) is 5.58 Å². The van der Waals surface area contributed by atoms with E-state index in [4.69, 9.17) is 14.4 Å². The molecule has 12 rings (SSSR count). The Morgan fingerprint density at radius 1 is 0.386 bits per heavy atom. The fourth-order valence-corrected chi connectivity index (χ4v) is 8.75. The third-order valence-corrected chi connectivity index (χ3v) is 11.3. The van der Waals surface area contributed by atoms with Gasteiger partial charge in [-0.15, -0.1) is 0 Å². The molecule has 0 N–H and O–H groups in total. The number of benzene rings is 8. The molecule has 0 saturated carbocycles. The van der Waals surface area contributed by atoms with E-state index in [0.29, 0.717) is 11.5 Å². The quantitative estimate of drug-likeness (QED) is 0.177. The van der Waals surface area contributed by atoms with Crippen LogP contribution >= 0.6 is 0 Å². The molecule has 0 bridgehead atoms. The van der Waals surface area contributed by atoms with Crippen molar-refractivity contribution >= 4 is 65.5 Å². The number of rotatable bonds is 5. The van der Waals surface area contributed by atoms with Gasteiger partial charge in [-0.3, -0.25) is 4.57 Å². The minimum absolute atomic E-state index is 0.600. The van der Waals surface area contributed by atoms with E-state index in [1.165, 1.54) is 32.6 Å². The molecular formula is C52H32N4O. The first-order chi connectivity index (χ1) is 28.3. The van der Waals surface area contributed by atoms with E-state index >= 15 is 0 Å². The maximum atomic E-state index is 6.52. The van der Waals surface area contributed by atoms with E-state index in [-0.39, 0.29) is 0 Å². The van der Waals surface area contributed by atoms with Crippen LogP contribution in [0.1, 0.15) is 0 Å². The Bertz CT molecular complexity index is 3510. The zero-order valence-electron chi connectivity index (χ0n) is 30.7. The average Bonchev–Trinajstić information content (AvgIpc) is 3.97. The maximum absolute atomic E-state index is 6.52. The van der Waals surface area contributed by atoms with Gasteiger partial charge >= 0.3 is 0 Å². The molecule has 0 fully saturated rings. The molecule has 0 saturated heterocycles. The van der Waals surface area contributed by atoms with Gasteiger partial charge in [0.1, 0.15) is 17.0 Å². The van der Waals surface area contributed by atoms with Crippen molar-refractivity contribution in [3.8, 4) is 45.3 Å². The van der Waals surface area contributed by atoms with E-state index in [2.05, 4.69) is 161 Å². The Hall–Kier alpha value is -7.76. The number of hydrogen-bond acceptors (Lipinski definition) is 3. The lowest BCUT2D eigenvalue weighted by atomic mass is 9.99. The first-order valence-corrected chi connectivity index (χ1v) is 19.2. The Kier molecular flexibility index (Phi) is 6.86. The molecule has 4 aromatic heterocycles. The van der Waals surface area contributed by atoms with E-state index in [1.54, 1.807) is 0 Å². The summed E-state index contributed by atoms with van der Waals surface area (Å²) in [7, 11) is 0. The summed E-state index contributed by atoms with van der Waals surface area (Å²) in [6.45, 7) is 0. The molecule has 0 aliphatic carbocycles. The number of nitrogens with zero attached hydrogens (tertiary/aromatic N) is 4. The fraction of sp³-hybridized carbons (Fsp3) is 0. The molecule has 0 atom stereocenters. The highest BCUT2D eigenvalue weighted by Gasteiger charge is 2.21.